The molecule has 0 saturated heterocycles. The Bertz CT molecular complexity index is 799. The van der Waals surface area contributed by atoms with E-state index in [0.29, 0.717) is 11.4 Å². The molecule has 1 saturated carbocycles. The van der Waals surface area contributed by atoms with Crippen molar-refractivity contribution in [2.24, 2.45) is 5.73 Å². The summed E-state index contributed by atoms with van der Waals surface area (Å²) in [5, 5.41) is 3.89. The summed E-state index contributed by atoms with van der Waals surface area (Å²) >= 11 is 0. The Labute approximate surface area is 131 Å². The first-order valence-electron chi connectivity index (χ1n) is 7.02. The van der Waals surface area contributed by atoms with Gasteiger partial charge in [0.05, 0.1) is 11.3 Å². The van der Waals surface area contributed by atoms with Crippen LogP contribution < -0.4 is 5.73 Å². The Morgan fingerprint density at radius 3 is 2.43 bits per heavy atom. The van der Waals surface area contributed by atoms with E-state index < -0.39 is 26.9 Å². The lowest BCUT2D eigenvalue weighted by Crippen LogP contribution is -2.44. The van der Waals surface area contributed by atoms with Crippen LogP contribution in [0.4, 0.5) is 8.78 Å². The summed E-state index contributed by atoms with van der Waals surface area (Å²) < 4.78 is 52.3. The monoisotopic (exact) mass is 343 g/mol. The molecule has 0 unspecified atom stereocenters. The molecule has 0 bridgehead atoms. The van der Waals surface area contributed by atoms with Crippen molar-refractivity contribution in [1.29, 1.82) is 0 Å². The molecule has 1 heterocycles. The van der Waals surface area contributed by atoms with Gasteiger partial charge in [-0.05, 0) is 37.0 Å². The van der Waals surface area contributed by atoms with Crippen molar-refractivity contribution < 1.29 is 21.7 Å². The van der Waals surface area contributed by atoms with Gasteiger partial charge in [-0.25, -0.2) is 8.42 Å². The number of hydrogen-bond acceptors (Lipinski definition) is 6. The van der Waals surface area contributed by atoms with Crippen molar-refractivity contribution in [3.8, 4) is 11.5 Å². The second kappa shape index (κ2) is 5.64. The molecule has 2 N–H and O–H groups in total. The van der Waals surface area contributed by atoms with Crippen LogP contribution in [0.15, 0.2) is 28.8 Å². The van der Waals surface area contributed by atoms with Crippen LogP contribution in [0, 0.1) is 0 Å². The third-order valence-electron chi connectivity index (χ3n) is 3.96. The minimum Gasteiger partial charge on any atom is -0.334 e. The second-order valence-electron chi connectivity index (χ2n) is 5.70. The molecule has 1 fully saturated rings. The molecule has 0 aliphatic heterocycles. The van der Waals surface area contributed by atoms with E-state index in [0.717, 1.165) is 19.3 Å². The molecular formula is C14H15F2N3O3S. The van der Waals surface area contributed by atoms with Crippen LogP contribution in [0.5, 0.6) is 0 Å². The molecule has 0 radical (unpaired) electrons. The largest absolute Gasteiger partial charge is 0.337 e. The number of rotatable bonds is 5. The van der Waals surface area contributed by atoms with Gasteiger partial charge in [-0.2, -0.15) is 13.8 Å². The molecule has 1 aliphatic carbocycles. The van der Waals surface area contributed by atoms with E-state index in [1.807, 2.05) is 0 Å². The third kappa shape index (κ3) is 3.11. The molecule has 0 spiro atoms. The minimum absolute atomic E-state index is 0.264. The number of benzene rings is 1. The first kappa shape index (κ1) is 16.0. The molecule has 9 heteroatoms. The Balaban J connectivity index is 1.78. The number of nitrogens with two attached hydrogens (primary N) is 1. The van der Waals surface area contributed by atoms with Crippen molar-refractivity contribution in [2.75, 3.05) is 0 Å². The summed E-state index contributed by atoms with van der Waals surface area (Å²) in [6.45, 7) is 0. The van der Waals surface area contributed by atoms with Gasteiger partial charge in [-0.15, -0.1) is 0 Å². The van der Waals surface area contributed by atoms with Gasteiger partial charge in [0.15, 0.2) is 5.82 Å². The van der Waals surface area contributed by atoms with Crippen LogP contribution in [0.3, 0.4) is 0 Å². The number of nitrogens with zero attached hydrogens (tertiary/aromatic N) is 2. The predicted octanol–water partition coefficient (Wildman–Crippen LogP) is 2.21. The average Bonchev–Trinajstić information content (AvgIpc) is 2.95. The minimum atomic E-state index is -4.44. The van der Waals surface area contributed by atoms with Crippen molar-refractivity contribution >= 4 is 9.84 Å². The summed E-state index contributed by atoms with van der Waals surface area (Å²) in [5.74, 6) is -3.39. The number of hydrogen-bond donors (Lipinski definition) is 1. The molecule has 6 nitrogen and oxygen atoms in total. The van der Waals surface area contributed by atoms with E-state index in [-0.39, 0.29) is 11.5 Å². The lowest BCUT2D eigenvalue weighted by molar-refractivity contribution is 0.229. The summed E-state index contributed by atoms with van der Waals surface area (Å²) in [7, 11) is -4.44. The molecule has 1 aromatic carbocycles. The molecule has 1 aromatic heterocycles. The first-order chi connectivity index (χ1) is 10.8. The number of alkyl halides is 2. The smallest absolute Gasteiger partial charge is 0.334 e. The summed E-state index contributed by atoms with van der Waals surface area (Å²) in [6.07, 6.45) is 2.63. The van der Waals surface area contributed by atoms with Gasteiger partial charge in [0.1, 0.15) is 0 Å². The van der Waals surface area contributed by atoms with Gasteiger partial charge in [-0.3, -0.25) is 0 Å². The highest BCUT2D eigenvalue weighted by molar-refractivity contribution is 7.90. The number of halogens is 2. The molecule has 0 atom stereocenters. The topological polar surface area (TPSA) is 99.1 Å². The third-order valence-corrected chi connectivity index (χ3v) is 5.24. The molecule has 23 heavy (non-hydrogen) atoms. The van der Waals surface area contributed by atoms with Crippen LogP contribution in [-0.4, -0.2) is 24.3 Å². The molecule has 124 valence electrons. The maximum absolute atomic E-state index is 12.4. The maximum Gasteiger partial charge on any atom is 0.337 e. The molecule has 1 aliphatic rings. The van der Waals surface area contributed by atoms with Crippen LogP contribution in [-0.2, 0) is 21.1 Å². The standard InChI is InChI=1S/C14H15F2N3O3S/c15-13(16)23(20,21)8-9-2-4-10(5-3-9)11-18-12(19-22-11)14(17)6-1-7-14/h2-5,13H,1,6-8,17H2. The summed E-state index contributed by atoms with van der Waals surface area (Å²) in [4.78, 5) is 4.27. The van der Waals surface area contributed by atoms with Crippen LogP contribution >= 0.6 is 0 Å². The number of aromatic nitrogens is 2. The molecule has 3 rings (SSSR count). The summed E-state index contributed by atoms with van der Waals surface area (Å²) in [6, 6.07) is 6.00. The average molecular weight is 343 g/mol. The van der Waals surface area contributed by atoms with Crippen LogP contribution in [0.25, 0.3) is 11.5 Å². The zero-order valence-corrected chi connectivity index (χ0v) is 12.9. The van der Waals surface area contributed by atoms with Gasteiger partial charge in [0.2, 0.25) is 9.84 Å². The molecular weight excluding hydrogens is 328 g/mol. The van der Waals surface area contributed by atoms with E-state index >= 15 is 0 Å². The quantitative estimate of drug-likeness (QED) is 0.893. The molecule has 0 amide bonds. The second-order valence-corrected chi connectivity index (χ2v) is 7.67. The normalized spacial score (nSPS) is 17.2. The van der Waals surface area contributed by atoms with Crippen molar-refractivity contribution in [1.82, 2.24) is 10.1 Å². The maximum atomic E-state index is 12.4. The van der Waals surface area contributed by atoms with Crippen molar-refractivity contribution in [2.45, 2.75) is 36.3 Å². The fourth-order valence-electron chi connectivity index (χ4n) is 2.36. The SMILES string of the molecule is NC1(c2noc(-c3ccc(CS(=O)(=O)C(F)F)cc3)n2)CCC1. The summed E-state index contributed by atoms with van der Waals surface area (Å²) in [5.41, 5.74) is 6.42. The van der Waals surface area contributed by atoms with Crippen molar-refractivity contribution in [3.63, 3.8) is 0 Å². The van der Waals surface area contributed by atoms with E-state index in [2.05, 4.69) is 10.1 Å². The lowest BCUT2D eigenvalue weighted by Gasteiger charge is -2.34. The Hall–Kier alpha value is -1.87. The Morgan fingerprint density at radius 1 is 1.26 bits per heavy atom. The van der Waals surface area contributed by atoms with Crippen molar-refractivity contribution in [3.05, 3.63) is 35.7 Å². The van der Waals surface area contributed by atoms with E-state index in [1.54, 1.807) is 12.1 Å². The highest BCUT2D eigenvalue weighted by Gasteiger charge is 2.39. The van der Waals surface area contributed by atoms with E-state index in [1.165, 1.54) is 12.1 Å². The van der Waals surface area contributed by atoms with Crippen LogP contribution in [0.1, 0.15) is 30.7 Å². The van der Waals surface area contributed by atoms with Gasteiger partial charge in [0.25, 0.3) is 5.89 Å². The van der Waals surface area contributed by atoms with Gasteiger partial charge in [-0.1, -0.05) is 17.3 Å². The van der Waals surface area contributed by atoms with Gasteiger partial charge in [0, 0.05) is 5.56 Å². The molecule has 2 aromatic rings. The Kier molecular flexibility index (Phi) is 3.93. The van der Waals surface area contributed by atoms with E-state index in [4.69, 9.17) is 10.3 Å². The highest BCUT2D eigenvalue weighted by Crippen LogP contribution is 2.37. The first-order valence-corrected chi connectivity index (χ1v) is 8.74. The van der Waals surface area contributed by atoms with Gasteiger partial charge < -0.3 is 10.3 Å². The fraction of sp³-hybridized carbons (Fsp3) is 0.429. The number of sulfone groups is 1. The van der Waals surface area contributed by atoms with Gasteiger partial charge >= 0.3 is 5.76 Å². The zero-order valence-electron chi connectivity index (χ0n) is 12.1. The lowest BCUT2D eigenvalue weighted by atomic mass is 9.77. The highest BCUT2D eigenvalue weighted by atomic mass is 32.2. The zero-order chi connectivity index (χ0) is 16.7. The Morgan fingerprint density at radius 2 is 1.91 bits per heavy atom. The fourth-order valence-corrected chi connectivity index (χ4v) is 3.15. The van der Waals surface area contributed by atoms with Crippen LogP contribution in [0.2, 0.25) is 0 Å². The predicted molar refractivity (Wildman–Crippen MR) is 78.1 cm³/mol. The van der Waals surface area contributed by atoms with E-state index in [9.17, 15) is 17.2 Å².